The molecule has 0 spiro atoms. The molecule has 3 aromatic carbocycles. The minimum Gasteiger partial charge on any atom is -0.144 e. The Morgan fingerprint density at radius 2 is 0.788 bits per heavy atom. The van der Waals surface area contributed by atoms with E-state index < -0.39 is 0 Å². The molecule has 6 heteroatoms. The average Bonchev–Trinajstić information content (AvgIpc) is 4.00. The third-order valence-corrected chi connectivity index (χ3v) is 17.0. The van der Waals surface area contributed by atoms with Crippen LogP contribution in [0.15, 0.2) is 95.7 Å². The number of thiophene rings is 6. The Bertz CT molecular complexity index is 2360. The maximum Gasteiger partial charge on any atom is 0.0449 e. The molecular weight excluding hydrogens is 745 g/mol. The van der Waals surface area contributed by atoms with Crippen LogP contribution in [-0.4, -0.2) is 0 Å². The van der Waals surface area contributed by atoms with Crippen LogP contribution in [0.25, 0.3) is 82.1 Å². The Morgan fingerprint density at radius 3 is 1.25 bits per heavy atom. The fraction of sp³-hybridized carbons (Fsp3) is 0.261. The molecular formula is C46H42S6. The zero-order chi connectivity index (χ0) is 35.0. The van der Waals surface area contributed by atoms with E-state index in [2.05, 4.69) is 110 Å². The van der Waals surface area contributed by atoms with Gasteiger partial charge in [-0.1, -0.05) is 52.4 Å². The zero-order valence-corrected chi connectivity index (χ0v) is 34.7. The first-order valence-corrected chi connectivity index (χ1v) is 23.9. The molecule has 0 N–H and O–H groups in total. The summed E-state index contributed by atoms with van der Waals surface area (Å²) in [6, 6.07) is 33.5. The first kappa shape index (κ1) is 34.7. The van der Waals surface area contributed by atoms with Crippen molar-refractivity contribution in [3.63, 3.8) is 0 Å². The van der Waals surface area contributed by atoms with Gasteiger partial charge in [-0.25, -0.2) is 0 Å². The van der Waals surface area contributed by atoms with Gasteiger partial charge < -0.3 is 0 Å². The minimum atomic E-state index is 1.20. The van der Waals surface area contributed by atoms with Crippen LogP contribution in [0.1, 0.15) is 75.0 Å². The molecule has 0 amide bonds. The van der Waals surface area contributed by atoms with Crippen molar-refractivity contribution in [1.82, 2.24) is 0 Å². The van der Waals surface area contributed by atoms with E-state index >= 15 is 0 Å². The number of rotatable bonds is 14. The number of aryl methyl sites for hydroxylation is 2. The molecule has 6 aromatic heterocycles. The number of hydrogen-bond acceptors (Lipinski definition) is 6. The van der Waals surface area contributed by atoms with Crippen molar-refractivity contribution < 1.29 is 0 Å². The van der Waals surface area contributed by atoms with Crippen molar-refractivity contribution in [2.24, 2.45) is 0 Å². The summed E-state index contributed by atoms with van der Waals surface area (Å²) in [5, 5.41) is 12.6. The fourth-order valence-corrected chi connectivity index (χ4v) is 13.7. The highest BCUT2D eigenvalue weighted by molar-refractivity contribution is 7.25. The highest BCUT2D eigenvalue weighted by Gasteiger charge is 2.22. The van der Waals surface area contributed by atoms with Crippen LogP contribution in [0.4, 0.5) is 0 Å². The Kier molecular flexibility index (Phi) is 10.2. The summed E-state index contributed by atoms with van der Waals surface area (Å²) in [6.07, 6.45) is 12.9. The second-order valence-corrected chi connectivity index (χ2v) is 20.3. The Morgan fingerprint density at radius 1 is 0.385 bits per heavy atom. The molecule has 0 fully saturated rings. The van der Waals surface area contributed by atoms with Gasteiger partial charge >= 0.3 is 0 Å². The monoisotopic (exact) mass is 786 g/mol. The molecule has 0 unspecified atom stereocenters. The highest BCUT2D eigenvalue weighted by atomic mass is 32.1. The molecule has 9 aromatic rings. The summed E-state index contributed by atoms with van der Waals surface area (Å²) in [6.45, 7) is 4.58. The lowest BCUT2D eigenvalue weighted by Gasteiger charge is -2.16. The largest absolute Gasteiger partial charge is 0.144 e. The van der Waals surface area contributed by atoms with E-state index in [0.29, 0.717) is 0 Å². The Hall–Kier alpha value is -3.10. The van der Waals surface area contributed by atoms with Gasteiger partial charge in [0.25, 0.3) is 0 Å². The van der Waals surface area contributed by atoms with Crippen LogP contribution >= 0.6 is 68.0 Å². The first-order chi connectivity index (χ1) is 25.7. The third-order valence-electron chi connectivity index (χ3n) is 10.3. The standard InChI is InChI=1S/C46H42S6/c1-3-5-7-9-11-31-13-15-37(49-31)39-17-19-41(51-39)45-33-25-29-21-23-48-44(29)28-36(33)46(34-26-30-22-24-47-43(30)27-35(34)45)42-20-18-40(52-42)38-16-14-32(50-38)12-10-8-6-4-2/h13-28H,3-12H2,1-2H3. The number of hydrogen-bond donors (Lipinski definition) is 0. The van der Waals surface area contributed by atoms with Crippen LogP contribution in [0.2, 0.25) is 0 Å². The lowest BCUT2D eigenvalue weighted by atomic mass is 9.89. The maximum atomic E-state index is 2.49. The van der Waals surface area contributed by atoms with Crippen molar-refractivity contribution in [1.29, 1.82) is 0 Å². The van der Waals surface area contributed by atoms with Crippen LogP contribution in [0.3, 0.4) is 0 Å². The molecule has 0 saturated heterocycles. The second-order valence-electron chi connectivity index (χ2n) is 13.9. The van der Waals surface area contributed by atoms with Crippen LogP contribution in [0, 0.1) is 0 Å². The van der Waals surface area contributed by atoms with E-state index in [0.717, 1.165) is 0 Å². The molecule has 0 saturated carbocycles. The predicted molar refractivity (Wildman–Crippen MR) is 241 cm³/mol. The van der Waals surface area contributed by atoms with Gasteiger partial charge in [-0.15, -0.1) is 68.0 Å². The molecule has 262 valence electrons. The molecule has 0 aliphatic rings. The highest BCUT2D eigenvalue weighted by Crippen LogP contribution is 2.51. The maximum absolute atomic E-state index is 2.49. The summed E-state index contributed by atoms with van der Waals surface area (Å²) in [5.74, 6) is 0. The number of benzene rings is 3. The quantitative estimate of drug-likeness (QED) is 0.0761. The van der Waals surface area contributed by atoms with Crippen molar-refractivity contribution in [2.75, 3.05) is 0 Å². The van der Waals surface area contributed by atoms with Crippen LogP contribution in [0.5, 0.6) is 0 Å². The van der Waals surface area contributed by atoms with Crippen molar-refractivity contribution in [3.05, 3.63) is 105 Å². The Labute approximate surface area is 331 Å². The normalized spacial score (nSPS) is 12.0. The lowest BCUT2D eigenvalue weighted by Crippen LogP contribution is -1.89. The van der Waals surface area contributed by atoms with E-state index in [1.54, 1.807) is 0 Å². The van der Waals surface area contributed by atoms with Gasteiger partial charge in [-0.05, 0) is 154 Å². The topological polar surface area (TPSA) is 0 Å². The molecule has 0 bridgehead atoms. The van der Waals surface area contributed by atoms with E-state index in [1.807, 2.05) is 68.0 Å². The van der Waals surface area contributed by atoms with Gasteiger partial charge in [0, 0.05) is 59.5 Å². The summed E-state index contributed by atoms with van der Waals surface area (Å²) in [5.41, 5.74) is 2.76. The Balaban J connectivity index is 1.18. The molecule has 0 aliphatic heterocycles. The zero-order valence-electron chi connectivity index (χ0n) is 29.8. The van der Waals surface area contributed by atoms with Crippen LogP contribution < -0.4 is 0 Å². The molecule has 0 atom stereocenters. The van der Waals surface area contributed by atoms with Gasteiger partial charge in [-0.2, -0.15) is 0 Å². The van der Waals surface area contributed by atoms with Crippen molar-refractivity contribution in [2.45, 2.75) is 78.1 Å². The van der Waals surface area contributed by atoms with E-state index in [-0.39, 0.29) is 0 Å². The molecule has 52 heavy (non-hydrogen) atoms. The molecule has 0 radical (unpaired) electrons. The number of fused-ring (bicyclic) bond motifs is 4. The van der Waals surface area contributed by atoms with E-state index in [9.17, 15) is 0 Å². The average molecular weight is 787 g/mol. The van der Waals surface area contributed by atoms with Gasteiger partial charge in [0.1, 0.15) is 0 Å². The van der Waals surface area contributed by atoms with Crippen molar-refractivity contribution in [3.8, 4) is 40.4 Å². The summed E-state index contributed by atoms with van der Waals surface area (Å²) in [7, 11) is 0. The van der Waals surface area contributed by atoms with E-state index in [1.165, 1.54) is 156 Å². The van der Waals surface area contributed by atoms with Crippen LogP contribution in [-0.2, 0) is 12.8 Å². The third kappa shape index (κ3) is 6.76. The predicted octanol–water partition coefficient (Wildman–Crippen LogP) is 17.6. The SMILES string of the molecule is CCCCCCc1ccc(-c2ccc(-c3c4cc5ccsc5cc4c(-c4ccc(-c5ccc(CCCCCC)s5)s4)c4cc5ccsc5cc34)s2)s1. The van der Waals surface area contributed by atoms with Gasteiger partial charge in [0.2, 0.25) is 0 Å². The molecule has 0 nitrogen and oxygen atoms in total. The number of unbranched alkanes of at least 4 members (excludes halogenated alkanes) is 6. The lowest BCUT2D eigenvalue weighted by molar-refractivity contribution is 0.670. The van der Waals surface area contributed by atoms with Gasteiger partial charge in [0.05, 0.1) is 0 Å². The van der Waals surface area contributed by atoms with Gasteiger partial charge in [0.15, 0.2) is 0 Å². The summed E-state index contributed by atoms with van der Waals surface area (Å²) in [4.78, 5) is 11.3. The smallest absolute Gasteiger partial charge is 0.0449 e. The van der Waals surface area contributed by atoms with E-state index in [4.69, 9.17) is 0 Å². The summed E-state index contributed by atoms with van der Waals surface area (Å²) >= 11 is 11.6. The minimum absolute atomic E-state index is 1.20. The van der Waals surface area contributed by atoms with Crippen molar-refractivity contribution >= 4 is 110 Å². The molecule has 6 heterocycles. The first-order valence-electron chi connectivity index (χ1n) is 18.8. The molecule has 0 aliphatic carbocycles. The second kappa shape index (κ2) is 15.3. The molecule has 9 rings (SSSR count). The van der Waals surface area contributed by atoms with Gasteiger partial charge in [-0.3, -0.25) is 0 Å². The summed E-state index contributed by atoms with van der Waals surface area (Å²) < 4.78 is 2.71. The fourth-order valence-electron chi connectivity index (χ4n) is 7.62.